The van der Waals surface area contributed by atoms with E-state index < -0.39 is 0 Å². The van der Waals surface area contributed by atoms with E-state index >= 15 is 0 Å². The van der Waals surface area contributed by atoms with E-state index in [0.717, 1.165) is 30.4 Å². The minimum absolute atomic E-state index is 0.0724. The van der Waals surface area contributed by atoms with Crippen LogP contribution in [0.1, 0.15) is 44.2 Å². The predicted molar refractivity (Wildman–Crippen MR) is 95.5 cm³/mol. The number of hydrogen-bond acceptors (Lipinski definition) is 4. The molecule has 0 spiro atoms. The first-order valence-electron chi connectivity index (χ1n) is 8.37. The summed E-state index contributed by atoms with van der Waals surface area (Å²) >= 11 is 0. The van der Waals surface area contributed by atoms with Crippen molar-refractivity contribution < 1.29 is 5.11 Å². The number of hydrogen-bond donors (Lipinski definition) is 2. The minimum Gasteiger partial charge on any atom is -0.393 e. The average molecular weight is 321 g/mol. The van der Waals surface area contributed by atoms with Crippen LogP contribution in [0.25, 0.3) is 0 Å². The fourth-order valence-electron chi connectivity index (χ4n) is 3.06. The Hall–Kier alpha value is -2.38. The highest BCUT2D eigenvalue weighted by atomic mass is 16.3. The molecular formula is C20H23N3O. The van der Waals surface area contributed by atoms with Gasteiger partial charge in [0.25, 0.3) is 0 Å². The van der Waals surface area contributed by atoms with E-state index in [1.54, 1.807) is 12.4 Å². The second kappa shape index (κ2) is 7.02. The van der Waals surface area contributed by atoms with Gasteiger partial charge in [-0.3, -0.25) is 0 Å². The van der Waals surface area contributed by atoms with E-state index in [4.69, 9.17) is 0 Å². The Morgan fingerprint density at radius 2 is 1.71 bits per heavy atom. The van der Waals surface area contributed by atoms with Crippen LogP contribution in [0.2, 0.25) is 0 Å². The van der Waals surface area contributed by atoms with Gasteiger partial charge in [-0.25, -0.2) is 9.97 Å². The first-order valence-corrected chi connectivity index (χ1v) is 8.37. The summed E-state index contributed by atoms with van der Waals surface area (Å²) < 4.78 is 0. The molecule has 24 heavy (non-hydrogen) atoms. The van der Waals surface area contributed by atoms with Crippen LogP contribution in [-0.4, -0.2) is 27.2 Å². The molecule has 1 aromatic carbocycles. The summed E-state index contributed by atoms with van der Waals surface area (Å²) in [5, 5.41) is 13.4. The van der Waals surface area contributed by atoms with Crippen LogP contribution < -0.4 is 5.32 Å². The molecular weight excluding hydrogens is 298 g/mol. The Balaban J connectivity index is 1.62. The summed E-state index contributed by atoms with van der Waals surface area (Å²) in [4.78, 5) is 8.73. The van der Waals surface area contributed by atoms with Crippen molar-refractivity contribution in [3.8, 4) is 11.8 Å². The summed E-state index contributed by atoms with van der Waals surface area (Å²) in [6.45, 7) is 4.21. The molecule has 1 aromatic heterocycles. The van der Waals surface area contributed by atoms with Crippen molar-refractivity contribution in [2.45, 2.75) is 45.3 Å². The maximum Gasteiger partial charge on any atom is 0.222 e. The van der Waals surface area contributed by atoms with E-state index in [0.29, 0.717) is 12.0 Å². The fourth-order valence-corrected chi connectivity index (χ4v) is 3.06. The summed E-state index contributed by atoms with van der Waals surface area (Å²) in [5.74, 6) is 6.80. The van der Waals surface area contributed by atoms with E-state index in [-0.39, 0.29) is 11.5 Å². The van der Waals surface area contributed by atoms with Gasteiger partial charge in [0.05, 0.1) is 11.7 Å². The third-order valence-corrected chi connectivity index (χ3v) is 4.57. The van der Waals surface area contributed by atoms with Gasteiger partial charge in [0.2, 0.25) is 5.95 Å². The SMILES string of the molecule is CC1(C)C[C@@H](Nc2ncc(C#Cc3ccccc3)cn2)CCC1O. The third kappa shape index (κ3) is 4.12. The highest BCUT2D eigenvalue weighted by Crippen LogP contribution is 2.36. The summed E-state index contributed by atoms with van der Waals surface area (Å²) in [7, 11) is 0. The summed E-state index contributed by atoms with van der Waals surface area (Å²) in [6, 6.07) is 10.2. The maximum atomic E-state index is 10.0. The molecule has 1 heterocycles. The standard InChI is InChI=1S/C20H23N3O/c1-20(2)12-17(10-11-18(20)24)23-19-21-13-16(14-22-19)9-8-15-6-4-3-5-7-15/h3-7,13-14,17-18,24H,10-12H2,1-2H3,(H,21,22,23)/t17-,18?/m0/s1. The lowest BCUT2D eigenvalue weighted by molar-refractivity contribution is 0.00922. The molecule has 1 unspecified atom stereocenters. The molecule has 2 atom stereocenters. The zero-order valence-corrected chi connectivity index (χ0v) is 14.2. The Morgan fingerprint density at radius 3 is 2.38 bits per heavy atom. The number of benzene rings is 1. The summed E-state index contributed by atoms with van der Waals surface area (Å²) in [6.07, 6.45) is 5.91. The zero-order chi connectivity index (χ0) is 17.0. The molecule has 2 aromatic rings. The van der Waals surface area contributed by atoms with Crippen molar-refractivity contribution in [3.63, 3.8) is 0 Å². The molecule has 3 rings (SSSR count). The Labute approximate surface area is 143 Å². The first-order chi connectivity index (χ1) is 11.5. The molecule has 1 saturated carbocycles. The lowest BCUT2D eigenvalue weighted by Gasteiger charge is -2.39. The fraction of sp³-hybridized carbons (Fsp3) is 0.400. The van der Waals surface area contributed by atoms with Crippen LogP contribution in [0.15, 0.2) is 42.7 Å². The highest BCUT2D eigenvalue weighted by Gasteiger charge is 2.35. The van der Waals surface area contributed by atoms with Crippen molar-refractivity contribution >= 4 is 5.95 Å². The molecule has 4 nitrogen and oxygen atoms in total. The number of aromatic nitrogens is 2. The highest BCUT2D eigenvalue weighted by molar-refractivity contribution is 5.42. The predicted octanol–water partition coefficient (Wildman–Crippen LogP) is 3.23. The van der Waals surface area contributed by atoms with Crippen molar-refractivity contribution in [1.29, 1.82) is 0 Å². The van der Waals surface area contributed by atoms with Crippen LogP contribution in [0.3, 0.4) is 0 Å². The van der Waals surface area contributed by atoms with Gasteiger partial charge in [-0.15, -0.1) is 0 Å². The van der Waals surface area contributed by atoms with Crippen LogP contribution in [-0.2, 0) is 0 Å². The van der Waals surface area contributed by atoms with Crippen LogP contribution in [0.5, 0.6) is 0 Å². The van der Waals surface area contributed by atoms with E-state index in [1.807, 2.05) is 30.3 Å². The zero-order valence-electron chi connectivity index (χ0n) is 14.2. The monoisotopic (exact) mass is 321 g/mol. The number of anilines is 1. The molecule has 0 radical (unpaired) electrons. The lowest BCUT2D eigenvalue weighted by Crippen LogP contribution is -2.41. The molecule has 1 aliphatic carbocycles. The number of aliphatic hydroxyl groups excluding tert-OH is 1. The largest absolute Gasteiger partial charge is 0.393 e. The first kappa shape index (κ1) is 16.5. The smallest absolute Gasteiger partial charge is 0.222 e. The third-order valence-electron chi connectivity index (χ3n) is 4.57. The lowest BCUT2D eigenvalue weighted by atomic mass is 9.73. The van der Waals surface area contributed by atoms with E-state index in [2.05, 4.69) is 41.0 Å². The summed E-state index contributed by atoms with van der Waals surface area (Å²) in [5.41, 5.74) is 1.70. The van der Waals surface area contributed by atoms with Crippen molar-refractivity contribution in [3.05, 3.63) is 53.9 Å². The second-order valence-electron chi connectivity index (χ2n) is 7.04. The van der Waals surface area contributed by atoms with Gasteiger partial charge < -0.3 is 10.4 Å². The van der Waals surface area contributed by atoms with Gasteiger partial charge in [0.15, 0.2) is 0 Å². The van der Waals surface area contributed by atoms with Gasteiger partial charge in [-0.05, 0) is 36.8 Å². The van der Waals surface area contributed by atoms with Crippen LogP contribution in [0.4, 0.5) is 5.95 Å². The molecule has 0 aliphatic heterocycles. The molecule has 4 heteroatoms. The molecule has 1 fully saturated rings. The topological polar surface area (TPSA) is 58.0 Å². The number of nitrogens with zero attached hydrogens (tertiary/aromatic N) is 2. The Kier molecular flexibility index (Phi) is 4.82. The van der Waals surface area contributed by atoms with Crippen LogP contribution >= 0.6 is 0 Å². The molecule has 124 valence electrons. The van der Waals surface area contributed by atoms with Gasteiger partial charge in [-0.1, -0.05) is 43.9 Å². The Morgan fingerprint density at radius 1 is 1.04 bits per heavy atom. The second-order valence-corrected chi connectivity index (χ2v) is 7.04. The molecule has 0 bridgehead atoms. The maximum absolute atomic E-state index is 10.0. The normalized spacial score (nSPS) is 22.3. The van der Waals surface area contributed by atoms with E-state index in [1.165, 1.54) is 0 Å². The van der Waals surface area contributed by atoms with Gasteiger partial charge >= 0.3 is 0 Å². The number of rotatable bonds is 2. The number of aliphatic hydroxyl groups is 1. The van der Waals surface area contributed by atoms with Crippen molar-refractivity contribution in [1.82, 2.24) is 9.97 Å². The van der Waals surface area contributed by atoms with E-state index in [9.17, 15) is 5.11 Å². The molecule has 1 aliphatic rings. The molecule has 2 N–H and O–H groups in total. The number of nitrogens with one attached hydrogen (secondary N) is 1. The van der Waals surface area contributed by atoms with Gasteiger partial charge in [0, 0.05) is 24.0 Å². The minimum atomic E-state index is -0.230. The van der Waals surface area contributed by atoms with Gasteiger partial charge in [0.1, 0.15) is 0 Å². The molecule has 0 saturated heterocycles. The van der Waals surface area contributed by atoms with Crippen molar-refractivity contribution in [2.75, 3.05) is 5.32 Å². The quantitative estimate of drug-likeness (QED) is 0.834. The average Bonchev–Trinajstić information content (AvgIpc) is 2.58. The van der Waals surface area contributed by atoms with Crippen LogP contribution in [0, 0.1) is 17.3 Å². The molecule has 0 amide bonds. The van der Waals surface area contributed by atoms with Gasteiger partial charge in [-0.2, -0.15) is 0 Å². The van der Waals surface area contributed by atoms with Crippen molar-refractivity contribution in [2.24, 2.45) is 5.41 Å². The Bertz CT molecular complexity index is 729.